The molecule has 3 aliphatic rings. The van der Waals surface area contributed by atoms with Crippen LogP contribution in [0.3, 0.4) is 0 Å². The Hall–Kier alpha value is -1.13. The predicted molar refractivity (Wildman–Crippen MR) is 92.3 cm³/mol. The Labute approximate surface area is 147 Å². The summed E-state index contributed by atoms with van der Waals surface area (Å²) in [6, 6.07) is 5.44. The van der Waals surface area contributed by atoms with Gasteiger partial charge in [0.15, 0.2) is 0 Å². The van der Waals surface area contributed by atoms with E-state index >= 15 is 0 Å². The van der Waals surface area contributed by atoms with E-state index in [0.717, 1.165) is 32.5 Å². The number of carbonyl (C=O) groups is 1. The second-order valence-corrected chi connectivity index (χ2v) is 8.24. The van der Waals surface area contributed by atoms with Crippen LogP contribution in [0.1, 0.15) is 44.1 Å². The maximum atomic E-state index is 14.1. The van der Waals surface area contributed by atoms with Crippen molar-refractivity contribution in [2.45, 2.75) is 51.1 Å². The number of rotatable bonds is 3. The fraction of sp³-hybridized carbons (Fsp3) is 0.632. The molecule has 130 valence electrons. The number of halogens is 2. The van der Waals surface area contributed by atoms with Crippen molar-refractivity contribution in [3.05, 3.63) is 34.6 Å². The van der Waals surface area contributed by atoms with Crippen LogP contribution in [0.15, 0.2) is 18.2 Å². The molecular weight excluding hydrogens is 327 g/mol. The molecule has 3 nitrogen and oxygen atoms in total. The van der Waals surface area contributed by atoms with Gasteiger partial charge >= 0.3 is 0 Å². The van der Waals surface area contributed by atoms with E-state index in [1.54, 1.807) is 12.1 Å². The van der Waals surface area contributed by atoms with Crippen LogP contribution in [0.2, 0.25) is 5.02 Å². The lowest BCUT2D eigenvalue weighted by Gasteiger charge is -2.48. The minimum absolute atomic E-state index is 0.206. The van der Waals surface area contributed by atoms with Gasteiger partial charge in [0.05, 0.1) is 0 Å². The largest absolute Gasteiger partial charge is 0.339 e. The first-order chi connectivity index (χ1) is 11.5. The zero-order valence-electron chi connectivity index (χ0n) is 13.9. The lowest BCUT2D eigenvalue weighted by molar-refractivity contribution is -0.140. The second-order valence-electron chi connectivity index (χ2n) is 7.80. The molecule has 4 rings (SSSR count). The molecule has 0 bridgehead atoms. The van der Waals surface area contributed by atoms with E-state index in [9.17, 15) is 9.18 Å². The van der Waals surface area contributed by atoms with Gasteiger partial charge in [0.25, 0.3) is 0 Å². The Morgan fingerprint density at radius 1 is 1.25 bits per heavy atom. The van der Waals surface area contributed by atoms with E-state index in [-0.39, 0.29) is 11.2 Å². The van der Waals surface area contributed by atoms with Crippen LogP contribution in [0.5, 0.6) is 0 Å². The van der Waals surface area contributed by atoms with E-state index in [0.29, 0.717) is 35.5 Å². The molecule has 0 radical (unpaired) electrons. The maximum absolute atomic E-state index is 14.1. The number of piperidine rings is 2. The predicted octanol–water partition coefficient (Wildman–Crippen LogP) is 3.85. The second kappa shape index (κ2) is 6.30. The normalized spacial score (nSPS) is 28.6. The first-order valence-corrected chi connectivity index (χ1v) is 9.38. The van der Waals surface area contributed by atoms with Crippen molar-refractivity contribution in [1.82, 2.24) is 9.80 Å². The van der Waals surface area contributed by atoms with Crippen molar-refractivity contribution in [2.24, 2.45) is 5.41 Å². The molecule has 2 saturated heterocycles. The first-order valence-electron chi connectivity index (χ1n) is 9.00. The highest BCUT2D eigenvalue weighted by molar-refractivity contribution is 6.30. The van der Waals surface area contributed by atoms with Crippen molar-refractivity contribution >= 4 is 17.5 Å². The molecule has 2 aliphatic heterocycles. The highest BCUT2D eigenvalue weighted by Gasteiger charge is 2.45. The molecule has 1 atom stereocenters. The molecule has 2 heterocycles. The van der Waals surface area contributed by atoms with Crippen molar-refractivity contribution in [1.29, 1.82) is 0 Å². The summed E-state index contributed by atoms with van der Waals surface area (Å²) in [7, 11) is 0. The van der Waals surface area contributed by atoms with E-state index in [1.807, 2.05) is 0 Å². The van der Waals surface area contributed by atoms with Gasteiger partial charge in [0.1, 0.15) is 5.82 Å². The molecule has 1 aromatic carbocycles. The third-order valence-electron chi connectivity index (χ3n) is 5.83. The van der Waals surface area contributed by atoms with E-state index in [2.05, 4.69) is 9.80 Å². The number of amides is 1. The number of likely N-dealkylation sites (tertiary alicyclic amines) is 2. The van der Waals surface area contributed by atoms with Crippen LogP contribution in [0.25, 0.3) is 0 Å². The molecule has 1 unspecified atom stereocenters. The molecule has 1 spiro atoms. The molecule has 0 N–H and O–H groups in total. The number of nitrogens with zero attached hydrogens (tertiary/aromatic N) is 2. The molecule has 24 heavy (non-hydrogen) atoms. The Bertz CT molecular complexity index is 648. The summed E-state index contributed by atoms with van der Waals surface area (Å²) in [5.74, 6) is 0.115. The molecule has 0 aromatic heterocycles. The topological polar surface area (TPSA) is 23.6 Å². The quantitative estimate of drug-likeness (QED) is 0.826. The van der Waals surface area contributed by atoms with Crippen molar-refractivity contribution < 1.29 is 9.18 Å². The Morgan fingerprint density at radius 3 is 2.83 bits per heavy atom. The maximum Gasteiger partial charge on any atom is 0.222 e. The highest BCUT2D eigenvalue weighted by Crippen LogP contribution is 2.42. The van der Waals surface area contributed by atoms with Crippen molar-refractivity contribution in [3.63, 3.8) is 0 Å². The fourth-order valence-corrected chi connectivity index (χ4v) is 4.59. The van der Waals surface area contributed by atoms with Gasteiger partial charge in [0.2, 0.25) is 5.91 Å². The monoisotopic (exact) mass is 350 g/mol. The summed E-state index contributed by atoms with van der Waals surface area (Å²) in [6.45, 7) is 3.49. The Kier molecular flexibility index (Phi) is 4.29. The number of hydrogen-bond donors (Lipinski definition) is 0. The van der Waals surface area contributed by atoms with Crippen molar-refractivity contribution in [3.8, 4) is 0 Å². The summed E-state index contributed by atoms with van der Waals surface area (Å²) >= 11 is 5.85. The standard InChI is InChI=1S/C19H24ClFN2O/c20-15-3-2-14(17(21)10-15)11-22-9-1-7-19(12-22)8-6-18(24)23(13-19)16-4-5-16/h2-3,10,16H,1,4-9,11-13H2. The average Bonchev–Trinajstić information content (AvgIpc) is 3.38. The minimum atomic E-state index is -0.222. The molecule has 5 heteroatoms. The zero-order valence-corrected chi connectivity index (χ0v) is 14.7. The molecule has 1 saturated carbocycles. The van der Waals surface area contributed by atoms with Gasteiger partial charge in [-0.2, -0.15) is 0 Å². The van der Waals surface area contributed by atoms with Gasteiger partial charge in [-0.3, -0.25) is 9.69 Å². The van der Waals surface area contributed by atoms with Gasteiger partial charge in [-0.15, -0.1) is 0 Å². The lowest BCUT2D eigenvalue weighted by Crippen LogP contribution is -2.54. The number of benzene rings is 1. The molecule has 1 amide bonds. The third-order valence-corrected chi connectivity index (χ3v) is 6.07. The van der Waals surface area contributed by atoms with E-state index in [4.69, 9.17) is 11.6 Å². The van der Waals surface area contributed by atoms with Gasteiger partial charge in [-0.05, 0) is 50.8 Å². The molecule has 1 aromatic rings. The van der Waals surface area contributed by atoms with Crippen LogP contribution >= 0.6 is 11.6 Å². The van der Waals surface area contributed by atoms with Gasteiger partial charge < -0.3 is 4.90 Å². The van der Waals surface area contributed by atoms with Crippen molar-refractivity contribution in [2.75, 3.05) is 19.6 Å². The highest BCUT2D eigenvalue weighted by atomic mass is 35.5. The summed E-state index contributed by atoms with van der Waals surface area (Å²) < 4.78 is 14.1. The fourth-order valence-electron chi connectivity index (χ4n) is 4.43. The number of carbonyl (C=O) groups excluding carboxylic acids is 1. The lowest BCUT2D eigenvalue weighted by atomic mass is 9.73. The molecule has 1 aliphatic carbocycles. The first kappa shape index (κ1) is 16.3. The number of hydrogen-bond acceptors (Lipinski definition) is 2. The SMILES string of the molecule is O=C1CCC2(CCCN(Cc3ccc(Cl)cc3F)C2)CN1C1CC1. The minimum Gasteiger partial charge on any atom is -0.339 e. The van der Waals surface area contributed by atoms with Crippen LogP contribution in [0.4, 0.5) is 4.39 Å². The van der Waals surface area contributed by atoms with Gasteiger partial charge in [0, 0.05) is 48.1 Å². The van der Waals surface area contributed by atoms with Crippen LogP contribution in [-0.2, 0) is 11.3 Å². The summed E-state index contributed by atoms with van der Waals surface area (Å²) in [6.07, 6.45) is 6.31. The molecular formula is C19H24ClFN2O. The van der Waals surface area contributed by atoms with Crippen LogP contribution in [0, 0.1) is 11.2 Å². The van der Waals surface area contributed by atoms with Gasteiger partial charge in [-0.1, -0.05) is 17.7 Å². The van der Waals surface area contributed by atoms with E-state index < -0.39 is 0 Å². The van der Waals surface area contributed by atoms with Crippen LogP contribution < -0.4 is 0 Å². The average molecular weight is 351 g/mol. The summed E-state index contributed by atoms with van der Waals surface area (Å²) in [4.78, 5) is 16.7. The van der Waals surface area contributed by atoms with Crippen LogP contribution in [-0.4, -0.2) is 41.4 Å². The van der Waals surface area contributed by atoms with E-state index in [1.165, 1.54) is 25.3 Å². The smallest absolute Gasteiger partial charge is 0.222 e. The summed E-state index contributed by atoms with van der Waals surface area (Å²) in [5, 5.41) is 0.442. The third kappa shape index (κ3) is 3.31. The Morgan fingerprint density at radius 2 is 2.08 bits per heavy atom. The molecule has 3 fully saturated rings. The summed E-state index contributed by atoms with van der Waals surface area (Å²) in [5.41, 5.74) is 0.917. The zero-order chi connectivity index (χ0) is 16.7. The van der Waals surface area contributed by atoms with Gasteiger partial charge in [-0.25, -0.2) is 4.39 Å². The Balaban J connectivity index is 1.46.